The number of hydrogen-bond donors (Lipinski definition) is 0. The number of benzene rings is 9. The molecule has 0 radical (unpaired) electrons. The van der Waals surface area contributed by atoms with E-state index in [1.807, 2.05) is 24.3 Å². The van der Waals surface area contributed by atoms with Crippen molar-refractivity contribution in [3.05, 3.63) is 176 Å². The van der Waals surface area contributed by atoms with Crippen molar-refractivity contribution in [3.8, 4) is 28.2 Å². The van der Waals surface area contributed by atoms with Crippen molar-refractivity contribution in [3.63, 3.8) is 0 Å². The van der Waals surface area contributed by atoms with E-state index in [1.165, 1.54) is 54.0 Å². The molecule has 3 aromatic heterocycles. The Bertz CT molecular complexity index is 3450. The number of furan rings is 1. The van der Waals surface area contributed by atoms with E-state index < -0.39 is 0 Å². The first-order valence-corrected chi connectivity index (χ1v) is 18.3. The van der Waals surface area contributed by atoms with Gasteiger partial charge in [0.25, 0.3) is 0 Å². The number of aromatic nitrogens is 3. The number of hydrogen-bond acceptors (Lipinski definition) is 3. The van der Waals surface area contributed by atoms with Crippen LogP contribution in [-0.2, 0) is 0 Å². The van der Waals surface area contributed by atoms with Crippen molar-refractivity contribution in [1.82, 2.24) is 14.5 Å². The molecule has 0 aliphatic rings. The first-order chi connectivity index (χ1) is 26.8. The van der Waals surface area contributed by atoms with Crippen LogP contribution in [0.4, 0.5) is 0 Å². The molecule has 12 aromatic rings. The van der Waals surface area contributed by atoms with Gasteiger partial charge in [-0.1, -0.05) is 158 Å². The average Bonchev–Trinajstić information content (AvgIpc) is 3.79. The van der Waals surface area contributed by atoms with Crippen LogP contribution in [-0.4, -0.2) is 14.5 Å². The Balaban J connectivity index is 1.27. The predicted molar refractivity (Wildman–Crippen MR) is 225 cm³/mol. The zero-order valence-corrected chi connectivity index (χ0v) is 29.0. The summed E-state index contributed by atoms with van der Waals surface area (Å²) in [5.41, 5.74) is 8.27. The fourth-order valence-electron chi connectivity index (χ4n) is 8.80. The van der Waals surface area contributed by atoms with Crippen LogP contribution >= 0.6 is 0 Å². The van der Waals surface area contributed by atoms with E-state index in [-0.39, 0.29) is 0 Å². The summed E-state index contributed by atoms with van der Waals surface area (Å²) in [6.45, 7) is 0. The average molecular weight is 688 g/mol. The summed E-state index contributed by atoms with van der Waals surface area (Å²) in [6, 6.07) is 62.6. The van der Waals surface area contributed by atoms with Gasteiger partial charge in [-0.3, -0.25) is 4.57 Å². The number of fused-ring (bicyclic) bond motifs is 15. The third-order valence-corrected chi connectivity index (χ3v) is 11.2. The second-order valence-electron chi connectivity index (χ2n) is 14.1. The normalized spacial score (nSPS) is 12.1. The van der Waals surface area contributed by atoms with Crippen LogP contribution in [0.5, 0.6) is 0 Å². The molecule has 4 heteroatoms. The van der Waals surface area contributed by atoms with E-state index in [2.05, 4.69) is 156 Å². The fourth-order valence-corrected chi connectivity index (χ4v) is 8.80. The van der Waals surface area contributed by atoms with E-state index >= 15 is 0 Å². The van der Waals surface area contributed by atoms with Crippen molar-refractivity contribution < 1.29 is 4.42 Å². The van der Waals surface area contributed by atoms with Gasteiger partial charge in [0.2, 0.25) is 5.71 Å². The molecule has 12 rings (SSSR count). The molecular weight excluding hydrogens is 659 g/mol. The van der Waals surface area contributed by atoms with Crippen molar-refractivity contribution in [2.24, 2.45) is 0 Å². The molecule has 0 bridgehead atoms. The first kappa shape index (κ1) is 29.3. The lowest BCUT2D eigenvalue weighted by Gasteiger charge is -2.14. The fraction of sp³-hybridized carbons (Fsp3) is 0. The first-order valence-electron chi connectivity index (χ1n) is 18.3. The molecule has 3 heterocycles. The lowest BCUT2D eigenvalue weighted by Crippen LogP contribution is -2.03. The molecule has 54 heavy (non-hydrogen) atoms. The smallest absolute Gasteiger partial charge is 0.247 e. The van der Waals surface area contributed by atoms with E-state index in [9.17, 15) is 0 Å². The Morgan fingerprint density at radius 1 is 0.389 bits per heavy atom. The van der Waals surface area contributed by atoms with Crippen LogP contribution in [0.2, 0.25) is 0 Å². The minimum atomic E-state index is 0.524. The molecule has 250 valence electrons. The highest BCUT2D eigenvalue weighted by Gasteiger charge is 2.25. The third-order valence-electron chi connectivity index (χ3n) is 11.2. The quantitative estimate of drug-likeness (QED) is 0.174. The van der Waals surface area contributed by atoms with Gasteiger partial charge in [0.15, 0.2) is 5.82 Å². The van der Waals surface area contributed by atoms with Crippen LogP contribution in [0.3, 0.4) is 0 Å². The number of rotatable bonds is 3. The third kappa shape index (κ3) is 4.08. The maximum Gasteiger partial charge on any atom is 0.247 e. The molecule has 0 fully saturated rings. The van der Waals surface area contributed by atoms with Gasteiger partial charge in [0.1, 0.15) is 16.8 Å². The SMILES string of the molecule is c1ccc(-c2ccc(-c3nc4oc5ccccc5c4nc3-n3c4ccc5c6ccccc6c6ccccc6c5c4c4ccc5ccccc5c43)cc2)cc1. The van der Waals surface area contributed by atoms with Gasteiger partial charge in [0, 0.05) is 32.5 Å². The summed E-state index contributed by atoms with van der Waals surface area (Å²) >= 11 is 0. The molecule has 0 unspecified atom stereocenters. The maximum absolute atomic E-state index is 6.39. The Morgan fingerprint density at radius 3 is 1.74 bits per heavy atom. The van der Waals surface area contributed by atoms with Gasteiger partial charge < -0.3 is 4.42 Å². The van der Waals surface area contributed by atoms with Crippen molar-refractivity contribution in [1.29, 1.82) is 0 Å². The van der Waals surface area contributed by atoms with Gasteiger partial charge in [0.05, 0.1) is 11.0 Å². The van der Waals surface area contributed by atoms with Crippen LogP contribution in [0, 0.1) is 0 Å². The zero-order valence-electron chi connectivity index (χ0n) is 29.0. The summed E-state index contributed by atoms with van der Waals surface area (Å²) in [5, 5.41) is 13.2. The molecule has 0 N–H and O–H groups in total. The van der Waals surface area contributed by atoms with Gasteiger partial charge in [-0.2, -0.15) is 0 Å². The van der Waals surface area contributed by atoms with E-state index in [4.69, 9.17) is 14.4 Å². The summed E-state index contributed by atoms with van der Waals surface area (Å²) < 4.78 is 8.76. The van der Waals surface area contributed by atoms with Gasteiger partial charge in [-0.15, -0.1) is 0 Å². The highest BCUT2D eigenvalue weighted by atomic mass is 16.3. The molecule has 0 amide bonds. The molecule has 4 nitrogen and oxygen atoms in total. The predicted octanol–water partition coefficient (Wildman–Crippen LogP) is 13.4. The van der Waals surface area contributed by atoms with Crippen LogP contribution in [0.25, 0.3) is 115 Å². The summed E-state index contributed by atoms with van der Waals surface area (Å²) in [6.07, 6.45) is 0. The van der Waals surface area contributed by atoms with E-state index in [0.29, 0.717) is 5.71 Å². The highest BCUT2D eigenvalue weighted by molar-refractivity contribution is 6.36. The molecule has 0 aliphatic carbocycles. The molecule has 0 saturated carbocycles. The van der Waals surface area contributed by atoms with E-state index in [1.54, 1.807) is 0 Å². The Morgan fingerprint density at radius 2 is 0.963 bits per heavy atom. The van der Waals surface area contributed by atoms with E-state index in [0.717, 1.165) is 55.5 Å². The topological polar surface area (TPSA) is 43.9 Å². The number of nitrogens with zero attached hydrogens (tertiary/aromatic N) is 3. The van der Waals surface area contributed by atoms with Crippen molar-refractivity contribution in [2.75, 3.05) is 0 Å². The minimum Gasteiger partial charge on any atom is -0.436 e. The second-order valence-corrected chi connectivity index (χ2v) is 14.1. The lowest BCUT2D eigenvalue weighted by atomic mass is 9.91. The highest BCUT2D eigenvalue weighted by Crippen LogP contribution is 2.46. The zero-order chi connectivity index (χ0) is 35.3. The largest absolute Gasteiger partial charge is 0.436 e. The summed E-state index contributed by atoms with van der Waals surface area (Å²) in [4.78, 5) is 10.9. The monoisotopic (exact) mass is 687 g/mol. The Hall–Kier alpha value is -7.30. The minimum absolute atomic E-state index is 0.524. The lowest BCUT2D eigenvalue weighted by molar-refractivity contribution is 0.653. The van der Waals surface area contributed by atoms with Crippen molar-refractivity contribution >= 4 is 87.1 Å². The van der Waals surface area contributed by atoms with Crippen molar-refractivity contribution in [2.45, 2.75) is 0 Å². The standard InChI is InChI=1S/C50H29N3O/c1-2-12-30(13-3-1)31-22-24-33(25-23-31)46-49(51-47-40-20-10-11-21-43(40)54-50(47)52-46)53-42-29-28-39-37-18-7-6-16-35(37)36-17-8-9-19-38(36)44(39)45(42)41-27-26-32-14-4-5-15-34(32)48(41)53/h1-29H. The Labute approximate surface area is 309 Å². The molecule has 9 aromatic carbocycles. The molecule has 0 aliphatic heterocycles. The van der Waals surface area contributed by atoms with Gasteiger partial charge >= 0.3 is 0 Å². The summed E-state index contributed by atoms with van der Waals surface area (Å²) in [5.74, 6) is 0.766. The summed E-state index contributed by atoms with van der Waals surface area (Å²) in [7, 11) is 0. The van der Waals surface area contributed by atoms with Crippen LogP contribution < -0.4 is 0 Å². The van der Waals surface area contributed by atoms with Gasteiger partial charge in [-0.25, -0.2) is 9.97 Å². The van der Waals surface area contributed by atoms with Crippen LogP contribution in [0.15, 0.2) is 180 Å². The molecular formula is C50H29N3O. The second kappa shape index (κ2) is 11.1. The Kier molecular flexibility index (Phi) is 6.02. The molecule has 0 spiro atoms. The van der Waals surface area contributed by atoms with Crippen LogP contribution in [0.1, 0.15) is 0 Å². The maximum atomic E-state index is 6.39. The number of para-hydroxylation sites is 1. The van der Waals surface area contributed by atoms with Gasteiger partial charge in [-0.05, 0) is 61.6 Å². The molecule has 0 atom stereocenters. The molecule has 0 saturated heterocycles.